The highest BCUT2D eigenvalue weighted by atomic mass is 16.3. The topological polar surface area (TPSA) is 46.9 Å². The summed E-state index contributed by atoms with van der Waals surface area (Å²) in [5.41, 5.74) is 3.34. The van der Waals surface area contributed by atoms with Crippen molar-refractivity contribution in [2.45, 2.75) is 19.6 Å². The van der Waals surface area contributed by atoms with E-state index in [-0.39, 0.29) is 0 Å². The van der Waals surface area contributed by atoms with E-state index in [9.17, 15) is 10.2 Å². The molecule has 2 N–H and O–H groups in total. The summed E-state index contributed by atoms with van der Waals surface area (Å²) in [4.78, 5) is 4.72. The average molecular weight is 326 g/mol. The molecule has 2 aromatic carbocycles. The smallest absolute Gasteiger partial charge is 0.115 e. The summed E-state index contributed by atoms with van der Waals surface area (Å²) in [7, 11) is 0. The van der Waals surface area contributed by atoms with E-state index >= 15 is 0 Å². The van der Waals surface area contributed by atoms with Gasteiger partial charge in [-0.25, -0.2) is 0 Å². The van der Waals surface area contributed by atoms with Gasteiger partial charge >= 0.3 is 0 Å². The summed E-state index contributed by atoms with van der Waals surface area (Å²) in [6.45, 7) is 7.49. The van der Waals surface area contributed by atoms with Crippen molar-refractivity contribution in [2.75, 3.05) is 32.7 Å². The van der Waals surface area contributed by atoms with E-state index in [1.54, 1.807) is 6.07 Å². The Kier molecular flexibility index (Phi) is 5.51. The molecule has 0 aromatic heterocycles. The predicted octanol–water partition coefficient (Wildman–Crippen LogP) is 2.55. The number of phenols is 1. The molecule has 1 unspecified atom stereocenters. The lowest BCUT2D eigenvalue weighted by Crippen LogP contribution is -2.47. The Hall–Kier alpha value is -1.88. The first kappa shape index (κ1) is 17.0. The molecule has 4 heteroatoms. The quantitative estimate of drug-likeness (QED) is 0.886. The highest BCUT2D eigenvalue weighted by Gasteiger charge is 2.20. The third kappa shape index (κ3) is 4.57. The highest BCUT2D eigenvalue weighted by Crippen LogP contribution is 2.17. The number of nitrogens with zero attached hydrogens (tertiary/aromatic N) is 2. The van der Waals surface area contributed by atoms with Crippen LogP contribution < -0.4 is 0 Å². The Morgan fingerprint density at radius 2 is 1.62 bits per heavy atom. The molecule has 0 saturated carbocycles. The molecule has 4 nitrogen and oxygen atoms in total. The minimum atomic E-state index is -0.428. The van der Waals surface area contributed by atoms with Crippen LogP contribution in [-0.4, -0.2) is 52.7 Å². The lowest BCUT2D eigenvalue weighted by atomic mass is 10.1. The zero-order valence-electron chi connectivity index (χ0n) is 14.2. The Balaban J connectivity index is 1.47. The van der Waals surface area contributed by atoms with Gasteiger partial charge < -0.3 is 10.2 Å². The molecule has 24 heavy (non-hydrogen) atoms. The standard InChI is InChI=1S/C20H26N2O2/c1-16-5-7-18(8-6-16)20(24)15-22-11-9-21(10-12-22)14-17-3-2-4-19(23)13-17/h2-8,13,20,23-24H,9-12,14-15H2,1H3. The second kappa shape index (κ2) is 7.79. The number of phenolic OH excluding ortho intramolecular Hbond substituents is 1. The van der Waals surface area contributed by atoms with Crippen LogP contribution in [0.3, 0.4) is 0 Å². The summed E-state index contributed by atoms with van der Waals surface area (Å²) in [6, 6.07) is 15.6. The van der Waals surface area contributed by atoms with Gasteiger partial charge in [-0.3, -0.25) is 9.80 Å². The van der Waals surface area contributed by atoms with Crippen molar-refractivity contribution in [1.82, 2.24) is 9.80 Å². The molecule has 1 atom stereocenters. The second-order valence-corrected chi connectivity index (χ2v) is 6.67. The van der Waals surface area contributed by atoms with E-state index in [1.807, 2.05) is 42.5 Å². The fourth-order valence-electron chi connectivity index (χ4n) is 3.18. The van der Waals surface area contributed by atoms with Gasteiger partial charge in [-0.2, -0.15) is 0 Å². The van der Waals surface area contributed by atoms with Crippen LogP contribution in [0.5, 0.6) is 5.75 Å². The first-order valence-corrected chi connectivity index (χ1v) is 8.57. The van der Waals surface area contributed by atoms with Crippen molar-refractivity contribution >= 4 is 0 Å². The minimum Gasteiger partial charge on any atom is -0.508 e. The summed E-state index contributed by atoms with van der Waals surface area (Å²) < 4.78 is 0. The first-order valence-electron chi connectivity index (χ1n) is 8.57. The number of aliphatic hydroxyl groups is 1. The molecule has 0 amide bonds. The van der Waals surface area contributed by atoms with Gasteiger partial charge in [0.15, 0.2) is 0 Å². The molecule has 1 aliphatic heterocycles. The van der Waals surface area contributed by atoms with E-state index in [0.29, 0.717) is 12.3 Å². The molecule has 0 aliphatic carbocycles. The minimum absolute atomic E-state index is 0.326. The normalized spacial score (nSPS) is 17.8. The van der Waals surface area contributed by atoms with Gasteiger partial charge in [-0.15, -0.1) is 0 Å². The van der Waals surface area contributed by atoms with Crippen LogP contribution in [0, 0.1) is 6.92 Å². The van der Waals surface area contributed by atoms with Crippen molar-refractivity contribution in [1.29, 1.82) is 0 Å². The molecular formula is C20H26N2O2. The van der Waals surface area contributed by atoms with Crippen molar-refractivity contribution in [3.05, 3.63) is 65.2 Å². The lowest BCUT2D eigenvalue weighted by molar-refractivity contribution is 0.0701. The number of piperazine rings is 1. The van der Waals surface area contributed by atoms with Crippen LogP contribution in [-0.2, 0) is 6.54 Å². The van der Waals surface area contributed by atoms with E-state index in [0.717, 1.165) is 43.9 Å². The summed E-state index contributed by atoms with van der Waals surface area (Å²) in [5.74, 6) is 0.326. The highest BCUT2D eigenvalue weighted by molar-refractivity contribution is 5.27. The molecule has 1 aliphatic rings. The van der Waals surface area contributed by atoms with Crippen molar-refractivity contribution < 1.29 is 10.2 Å². The number of benzene rings is 2. The largest absolute Gasteiger partial charge is 0.508 e. The number of β-amino-alcohol motifs (C(OH)–C–C–N with tert-alkyl or cyclic N) is 1. The number of aliphatic hydroxyl groups excluding tert-OH is 1. The van der Waals surface area contributed by atoms with Crippen molar-refractivity contribution in [3.8, 4) is 5.75 Å². The molecule has 2 aromatic rings. The maximum atomic E-state index is 10.4. The number of hydrogen-bond donors (Lipinski definition) is 2. The lowest BCUT2D eigenvalue weighted by Gasteiger charge is -2.35. The molecule has 0 bridgehead atoms. The molecular weight excluding hydrogens is 300 g/mol. The third-order valence-electron chi connectivity index (χ3n) is 4.67. The number of aromatic hydroxyl groups is 1. The zero-order chi connectivity index (χ0) is 16.9. The predicted molar refractivity (Wildman–Crippen MR) is 96.0 cm³/mol. The Bertz CT molecular complexity index is 649. The van der Waals surface area contributed by atoms with Crippen LogP contribution in [0.4, 0.5) is 0 Å². The fraction of sp³-hybridized carbons (Fsp3) is 0.400. The van der Waals surface area contributed by atoms with Gasteiger partial charge in [-0.1, -0.05) is 42.0 Å². The van der Waals surface area contributed by atoms with E-state index in [4.69, 9.17) is 0 Å². The maximum Gasteiger partial charge on any atom is 0.115 e. The fourth-order valence-corrected chi connectivity index (χ4v) is 3.18. The van der Waals surface area contributed by atoms with E-state index in [1.165, 1.54) is 5.56 Å². The van der Waals surface area contributed by atoms with Gasteiger partial charge in [0, 0.05) is 39.3 Å². The van der Waals surface area contributed by atoms with Gasteiger partial charge in [0.25, 0.3) is 0 Å². The number of aryl methyl sites for hydroxylation is 1. The average Bonchev–Trinajstić information content (AvgIpc) is 2.57. The van der Waals surface area contributed by atoms with Crippen LogP contribution in [0.2, 0.25) is 0 Å². The number of hydrogen-bond acceptors (Lipinski definition) is 4. The van der Waals surface area contributed by atoms with Gasteiger partial charge in [-0.05, 0) is 30.2 Å². The second-order valence-electron chi connectivity index (χ2n) is 6.67. The molecule has 1 saturated heterocycles. The van der Waals surface area contributed by atoms with Crippen LogP contribution in [0.15, 0.2) is 48.5 Å². The number of rotatable bonds is 5. The monoisotopic (exact) mass is 326 g/mol. The Morgan fingerprint density at radius 1 is 0.958 bits per heavy atom. The SMILES string of the molecule is Cc1ccc(C(O)CN2CCN(Cc3cccc(O)c3)CC2)cc1. The summed E-state index contributed by atoms with van der Waals surface area (Å²) in [5, 5.41) is 20.0. The van der Waals surface area contributed by atoms with Gasteiger partial charge in [0.2, 0.25) is 0 Å². The van der Waals surface area contributed by atoms with Crippen LogP contribution in [0.1, 0.15) is 22.8 Å². The molecule has 3 rings (SSSR count). The summed E-state index contributed by atoms with van der Waals surface area (Å²) in [6.07, 6.45) is -0.428. The van der Waals surface area contributed by atoms with E-state index in [2.05, 4.69) is 16.7 Å². The molecule has 1 fully saturated rings. The van der Waals surface area contributed by atoms with Crippen LogP contribution >= 0.6 is 0 Å². The third-order valence-corrected chi connectivity index (χ3v) is 4.67. The van der Waals surface area contributed by atoms with Gasteiger partial charge in [0.05, 0.1) is 6.10 Å². The molecule has 0 radical (unpaired) electrons. The first-order chi connectivity index (χ1) is 11.6. The molecule has 1 heterocycles. The Morgan fingerprint density at radius 3 is 2.29 bits per heavy atom. The van der Waals surface area contributed by atoms with Crippen molar-refractivity contribution in [2.24, 2.45) is 0 Å². The van der Waals surface area contributed by atoms with Crippen LogP contribution in [0.25, 0.3) is 0 Å². The van der Waals surface area contributed by atoms with E-state index < -0.39 is 6.10 Å². The Labute approximate surface area is 144 Å². The molecule has 128 valence electrons. The zero-order valence-corrected chi connectivity index (χ0v) is 14.2. The summed E-state index contributed by atoms with van der Waals surface area (Å²) >= 11 is 0. The van der Waals surface area contributed by atoms with Crippen molar-refractivity contribution in [3.63, 3.8) is 0 Å². The van der Waals surface area contributed by atoms with Gasteiger partial charge in [0.1, 0.15) is 5.75 Å². The maximum absolute atomic E-state index is 10.4. The molecule has 0 spiro atoms.